The van der Waals surface area contributed by atoms with Crippen molar-refractivity contribution in [3.8, 4) is 61.7 Å². The lowest BCUT2D eigenvalue weighted by Gasteiger charge is -2.03. The quantitative estimate of drug-likeness (QED) is 0.0285. The van der Waals surface area contributed by atoms with Gasteiger partial charge in [0, 0.05) is 42.1 Å². The molecule has 0 fully saturated rings. The Morgan fingerprint density at radius 1 is 0.263 bits per heavy atom. The monoisotopic (exact) mass is 1090 g/mol. The molecule has 0 atom stereocenters. The summed E-state index contributed by atoms with van der Waals surface area (Å²) in [5.41, 5.74) is 4.90. The number of thiophene rings is 4. The molecule has 0 aliphatic rings. The van der Waals surface area contributed by atoms with E-state index in [-0.39, 0.29) is 0 Å². The van der Waals surface area contributed by atoms with Crippen LogP contribution in [0.2, 0.25) is 0 Å². The van der Waals surface area contributed by atoms with E-state index < -0.39 is 0 Å². The molecule has 76 heavy (non-hydrogen) atoms. The number of aryl methyl sites for hydroxylation is 2. The molecule has 0 radical (unpaired) electrons. The van der Waals surface area contributed by atoms with Crippen LogP contribution >= 0.6 is 45.3 Å². The first-order chi connectivity index (χ1) is 37.6. The predicted octanol–water partition coefficient (Wildman–Crippen LogP) is 25.3. The van der Waals surface area contributed by atoms with Crippen LogP contribution in [-0.4, -0.2) is 0 Å². The van der Waals surface area contributed by atoms with Crippen molar-refractivity contribution in [2.75, 3.05) is 0 Å². The van der Waals surface area contributed by atoms with Crippen LogP contribution < -0.4 is 0 Å². The van der Waals surface area contributed by atoms with E-state index in [4.69, 9.17) is 8.83 Å². The van der Waals surface area contributed by atoms with Crippen LogP contribution in [0.25, 0.3) is 73.8 Å². The van der Waals surface area contributed by atoms with Crippen molar-refractivity contribution >= 4 is 57.5 Å². The van der Waals surface area contributed by atoms with Gasteiger partial charge in [0.15, 0.2) is 0 Å². The highest BCUT2D eigenvalue weighted by molar-refractivity contribution is 7.25. The van der Waals surface area contributed by atoms with Gasteiger partial charge in [-0.15, -0.1) is 45.3 Å². The van der Waals surface area contributed by atoms with Crippen LogP contribution in [0.1, 0.15) is 216 Å². The molecule has 0 unspecified atom stereocenters. The maximum atomic E-state index is 6.35. The Labute approximate surface area is 475 Å². The number of furan rings is 2. The Hall–Kier alpha value is -4.46. The Morgan fingerprint density at radius 3 is 0.842 bits per heavy atom. The van der Waals surface area contributed by atoms with Gasteiger partial charge in [0.1, 0.15) is 23.0 Å². The zero-order chi connectivity index (χ0) is 52.2. The number of benzene rings is 2. The number of unbranched alkanes of at least 4 members (excludes halogenated alkanes) is 26. The van der Waals surface area contributed by atoms with Crippen molar-refractivity contribution in [1.82, 2.24) is 0 Å². The zero-order valence-corrected chi connectivity index (χ0v) is 49.6. The van der Waals surface area contributed by atoms with Crippen molar-refractivity contribution < 1.29 is 8.83 Å². The third-order valence-corrected chi connectivity index (χ3v) is 20.0. The summed E-state index contributed by atoms with van der Waals surface area (Å²) >= 11 is 7.38. The molecule has 6 heteroatoms. The number of hydrogen-bond acceptors (Lipinski definition) is 6. The molecule has 0 N–H and O–H groups in total. The van der Waals surface area contributed by atoms with Gasteiger partial charge in [-0.1, -0.05) is 241 Å². The minimum absolute atomic E-state index is 0.998. The second kappa shape index (κ2) is 33.1. The van der Waals surface area contributed by atoms with Gasteiger partial charge in [0.05, 0.1) is 9.75 Å². The molecule has 8 aromatic rings. The van der Waals surface area contributed by atoms with Crippen LogP contribution in [0.4, 0.5) is 0 Å². The first-order valence-electron chi connectivity index (χ1n) is 30.1. The fourth-order valence-corrected chi connectivity index (χ4v) is 14.6. The lowest BCUT2D eigenvalue weighted by atomic mass is 10.0. The highest BCUT2D eigenvalue weighted by atomic mass is 32.1. The van der Waals surface area contributed by atoms with Gasteiger partial charge in [0.25, 0.3) is 0 Å². The number of rotatable bonds is 38. The Bertz CT molecular complexity index is 2620. The summed E-state index contributed by atoms with van der Waals surface area (Å²) in [6.07, 6.45) is 45.4. The van der Waals surface area contributed by atoms with E-state index in [0.717, 1.165) is 35.9 Å². The van der Waals surface area contributed by atoms with Gasteiger partial charge in [-0.25, -0.2) is 0 Å². The maximum absolute atomic E-state index is 6.35. The molecule has 0 spiro atoms. The first-order valence-corrected chi connectivity index (χ1v) is 33.4. The van der Waals surface area contributed by atoms with Gasteiger partial charge in [0.2, 0.25) is 0 Å². The molecule has 0 aliphatic carbocycles. The second-order valence-electron chi connectivity index (χ2n) is 21.5. The Kier molecular flexibility index (Phi) is 25.1. The molecule has 2 aromatic carbocycles. The fourth-order valence-electron chi connectivity index (χ4n) is 10.4. The Balaban J connectivity index is 0.714. The SMILES string of the molecule is CCCCCCCCCCCCCCCCc1ccc(-c2ccc(-c3ccc(-c4ccc(C=Cc5ccc(-c6ccc(-c7ccc(-c8ccc(CCCCCCCCCCCCCCCC)o8)s7)s6)cc5)cc4)s3)s2)o1. The molecule has 0 saturated carbocycles. The van der Waals surface area contributed by atoms with Crippen LogP contribution in [-0.2, 0) is 12.8 Å². The predicted molar refractivity (Wildman–Crippen MR) is 339 cm³/mol. The van der Waals surface area contributed by atoms with Crippen LogP contribution in [0.15, 0.2) is 130 Å². The second-order valence-corrected chi connectivity index (χ2v) is 25.8. The largest absolute Gasteiger partial charge is 0.460 e. The van der Waals surface area contributed by atoms with E-state index in [1.54, 1.807) is 0 Å². The topological polar surface area (TPSA) is 26.3 Å². The highest BCUT2D eigenvalue weighted by Gasteiger charge is 2.14. The molecule has 0 aliphatic heterocycles. The molecule has 0 saturated heterocycles. The normalized spacial score (nSPS) is 11.8. The molecule has 2 nitrogen and oxygen atoms in total. The lowest BCUT2D eigenvalue weighted by molar-refractivity contribution is 0.498. The average molecular weight is 1090 g/mol. The lowest BCUT2D eigenvalue weighted by Crippen LogP contribution is -1.85. The minimum atomic E-state index is 0.998. The van der Waals surface area contributed by atoms with E-state index in [1.165, 1.54) is 241 Å². The first kappa shape index (κ1) is 57.7. The van der Waals surface area contributed by atoms with Crippen LogP contribution in [0.3, 0.4) is 0 Å². The molecule has 0 amide bonds. The van der Waals surface area contributed by atoms with Crippen molar-refractivity contribution in [3.05, 3.63) is 144 Å². The van der Waals surface area contributed by atoms with Gasteiger partial charge < -0.3 is 8.83 Å². The zero-order valence-electron chi connectivity index (χ0n) is 46.4. The average Bonchev–Trinajstić information content (AvgIpc) is 4.32. The van der Waals surface area contributed by atoms with Gasteiger partial charge in [-0.3, -0.25) is 0 Å². The summed E-state index contributed by atoms with van der Waals surface area (Å²) in [6, 6.07) is 44.6. The van der Waals surface area contributed by atoms with E-state index >= 15 is 0 Å². The van der Waals surface area contributed by atoms with Gasteiger partial charge in [-0.05, 0) is 108 Å². The van der Waals surface area contributed by atoms with Crippen molar-refractivity contribution in [2.45, 2.75) is 206 Å². The van der Waals surface area contributed by atoms with Gasteiger partial charge in [-0.2, -0.15) is 0 Å². The Morgan fingerprint density at radius 2 is 0.526 bits per heavy atom. The fraction of sp³-hybridized carbons (Fsp3) is 0.457. The van der Waals surface area contributed by atoms with Crippen LogP contribution in [0, 0.1) is 0 Å². The summed E-state index contributed by atoms with van der Waals surface area (Å²) in [7, 11) is 0. The minimum Gasteiger partial charge on any atom is -0.460 e. The molecular formula is C70H88O2S4. The van der Waals surface area contributed by atoms with E-state index in [1.807, 2.05) is 45.3 Å². The smallest absolute Gasteiger partial charge is 0.144 e. The molecule has 0 bridgehead atoms. The van der Waals surface area contributed by atoms with Gasteiger partial charge >= 0.3 is 0 Å². The van der Waals surface area contributed by atoms with E-state index in [0.29, 0.717) is 0 Å². The summed E-state index contributed by atoms with van der Waals surface area (Å²) < 4.78 is 12.7. The molecule has 404 valence electrons. The highest BCUT2D eigenvalue weighted by Crippen LogP contribution is 2.43. The molecular weight excluding hydrogens is 1000 g/mol. The van der Waals surface area contributed by atoms with Crippen molar-refractivity contribution in [3.63, 3.8) is 0 Å². The van der Waals surface area contributed by atoms with Crippen molar-refractivity contribution in [2.24, 2.45) is 0 Å². The molecule has 6 aromatic heterocycles. The number of hydrogen-bond donors (Lipinski definition) is 0. The summed E-state index contributed by atoms with van der Waals surface area (Å²) in [4.78, 5) is 10.2. The molecule has 8 rings (SSSR count). The standard InChI is InChI=1S/C70H88O2S4/c1-3-5-7-9-11-13-15-17-19-21-23-25-27-29-31-59-43-45-61(71-59)65-49-53-69(75-65)67-51-47-63(73-67)57-39-35-55(36-40-57)33-34-56-37-41-58(42-38-56)64-48-52-68(74-64)70-54-50-66(76-70)62-46-44-60(72-62)32-30-28-26-24-22-20-18-16-14-12-10-8-6-4-2/h33-54H,3-32H2,1-2H3. The summed E-state index contributed by atoms with van der Waals surface area (Å²) in [5.74, 6) is 4.24. The van der Waals surface area contributed by atoms with E-state index in [2.05, 4.69) is 147 Å². The van der Waals surface area contributed by atoms with E-state index in [9.17, 15) is 0 Å². The third-order valence-electron chi connectivity index (χ3n) is 15.1. The molecule has 6 heterocycles. The third kappa shape index (κ3) is 19.2. The summed E-state index contributed by atoms with van der Waals surface area (Å²) in [6.45, 7) is 4.60. The summed E-state index contributed by atoms with van der Waals surface area (Å²) in [5, 5.41) is 0. The van der Waals surface area contributed by atoms with Crippen molar-refractivity contribution in [1.29, 1.82) is 0 Å². The maximum Gasteiger partial charge on any atom is 0.144 e. The van der Waals surface area contributed by atoms with Crippen LogP contribution in [0.5, 0.6) is 0 Å².